The first-order valence-electron chi connectivity index (χ1n) is 18.1. The van der Waals surface area contributed by atoms with Gasteiger partial charge in [-0.25, -0.2) is 23.6 Å². The van der Waals surface area contributed by atoms with E-state index in [2.05, 4.69) is 13.2 Å². The maximum Gasteiger partial charge on any atom is 0.343 e. The molecule has 0 saturated heterocycles. The standard InChI is InChI=1S/C42H49FO10/c1-3-39(44)50-29-15-11-7-5-9-13-27-48-34-21-17-32(18-22-34)41(46)52-36-25-26-38(37(43)31-36)53-42(47)33-19-23-35(24-20-33)49-28-14-10-6-8-12-16-30-51-40(45)4-2/h3-4,17-26,31H,1-2,5-16,27-30H2. The van der Waals surface area contributed by atoms with Gasteiger partial charge < -0.3 is 28.4 Å². The van der Waals surface area contributed by atoms with Gasteiger partial charge in [-0.2, -0.15) is 0 Å². The molecule has 0 aliphatic carbocycles. The molecule has 0 radical (unpaired) electrons. The van der Waals surface area contributed by atoms with Crippen LogP contribution in [0.15, 0.2) is 92.0 Å². The van der Waals surface area contributed by atoms with Crippen LogP contribution >= 0.6 is 0 Å². The highest BCUT2D eigenvalue weighted by molar-refractivity contribution is 5.92. The Labute approximate surface area is 310 Å². The quantitative estimate of drug-likeness (QED) is 0.0342. The van der Waals surface area contributed by atoms with Crippen molar-refractivity contribution < 1.29 is 52.0 Å². The summed E-state index contributed by atoms with van der Waals surface area (Å²) in [5.41, 5.74) is 0.479. The zero-order valence-electron chi connectivity index (χ0n) is 30.2. The van der Waals surface area contributed by atoms with E-state index >= 15 is 0 Å². The van der Waals surface area contributed by atoms with Crippen molar-refractivity contribution in [1.29, 1.82) is 0 Å². The molecule has 0 aliphatic heterocycles. The molecule has 0 bridgehead atoms. The molecule has 3 aromatic rings. The molecular weight excluding hydrogens is 683 g/mol. The van der Waals surface area contributed by atoms with Crippen molar-refractivity contribution in [1.82, 2.24) is 0 Å². The average molecular weight is 733 g/mol. The molecule has 0 saturated carbocycles. The second-order valence-corrected chi connectivity index (χ2v) is 12.1. The first-order valence-corrected chi connectivity index (χ1v) is 18.1. The Hall–Kier alpha value is -5.45. The van der Waals surface area contributed by atoms with Gasteiger partial charge in [0.25, 0.3) is 0 Å². The summed E-state index contributed by atoms with van der Waals surface area (Å²) in [5, 5.41) is 0. The topological polar surface area (TPSA) is 124 Å². The van der Waals surface area contributed by atoms with Gasteiger partial charge in [-0.15, -0.1) is 0 Å². The minimum absolute atomic E-state index is 0.0431. The molecule has 3 aromatic carbocycles. The molecule has 11 heteroatoms. The number of rotatable bonds is 26. The van der Waals surface area contributed by atoms with E-state index in [1.54, 1.807) is 48.5 Å². The van der Waals surface area contributed by atoms with Gasteiger partial charge in [-0.3, -0.25) is 0 Å². The van der Waals surface area contributed by atoms with Crippen LogP contribution in [0.3, 0.4) is 0 Å². The molecule has 53 heavy (non-hydrogen) atoms. The summed E-state index contributed by atoms with van der Waals surface area (Å²) in [6.45, 7) is 8.63. The molecule has 0 aliphatic rings. The van der Waals surface area contributed by atoms with E-state index < -0.39 is 29.7 Å². The highest BCUT2D eigenvalue weighted by Crippen LogP contribution is 2.25. The van der Waals surface area contributed by atoms with Gasteiger partial charge in [0.1, 0.15) is 17.2 Å². The van der Waals surface area contributed by atoms with Crippen molar-refractivity contribution in [3.63, 3.8) is 0 Å². The highest BCUT2D eigenvalue weighted by Gasteiger charge is 2.15. The fourth-order valence-electron chi connectivity index (χ4n) is 4.99. The van der Waals surface area contributed by atoms with Gasteiger partial charge in [0.15, 0.2) is 11.6 Å². The molecule has 0 aromatic heterocycles. The third kappa shape index (κ3) is 17.1. The third-order valence-corrected chi connectivity index (χ3v) is 7.93. The van der Waals surface area contributed by atoms with E-state index in [1.807, 2.05) is 0 Å². The number of halogens is 1. The number of carbonyl (C=O) groups excluding carboxylic acids is 4. The lowest BCUT2D eigenvalue weighted by molar-refractivity contribution is -0.138. The molecule has 0 atom stereocenters. The Balaban J connectivity index is 1.30. The summed E-state index contributed by atoms with van der Waals surface area (Å²) in [6, 6.07) is 16.4. The largest absolute Gasteiger partial charge is 0.494 e. The Morgan fingerprint density at radius 3 is 1.28 bits per heavy atom. The number of hydrogen-bond acceptors (Lipinski definition) is 10. The van der Waals surface area contributed by atoms with Crippen molar-refractivity contribution in [3.05, 3.63) is 109 Å². The minimum atomic E-state index is -0.863. The normalized spacial score (nSPS) is 10.5. The summed E-state index contributed by atoms with van der Waals surface area (Å²) in [7, 11) is 0. The van der Waals surface area contributed by atoms with Gasteiger partial charge in [0.2, 0.25) is 0 Å². The van der Waals surface area contributed by atoms with Crippen molar-refractivity contribution in [3.8, 4) is 23.0 Å². The lowest BCUT2D eigenvalue weighted by Crippen LogP contribution is -2.11. The summed E-state index contributed by atoms with van der Waals surface area (Å²) in [4.78, 5) is 47.3. The molecule has 0 fully saturated rings. The number of hydrogen-bond donors (Lipinski definition) is 0. The zero-order valence-corrected chi connectivity index (χ0v) is 30.2. The van der Waals surface area contributed by atoms with Crippen LogP contribution in [-0.2, 0) is 19.1 Å². The fourth-order valence-corrected chi connectivity index (χ4v) is 4.99. The van der Waals surface area contributed by atoms with E-state index in [9.17, 15) is 23.6 Å². The summed E-state index contributed by atoms with van der Waals surface area (Å²) in [5.74, 6) is -2.20. The highest BCUT2D eigenvalue weighted by atomic mass is 19.1. The molecular formula is C42H49FO10. The number of ether oxygens (including phenoxy) is 6. The van der Waals surface area contributed by atoms with Crippen LogP contribution in [0.2, 0.25) is 0 Å². The molecule has 284 valence electrons. The van der Waals surface area contributed by atoms with Crippen molar-refractivity contribution >= 4 is 23.9 Å². The SMILES string of the molecule is C=CC(=O)OCCCCCCCCOc1ccc(C(=O)Oc2ccc(OC(=O)c3ccc(OCCCCCCCCOC(=O)C=C)cc3)c(F)c2)cc1. The van der Waals surface area contributed by atoms with Crippen LogP contribution in [0.4, 0.5) is 4.39 Å². The number of carbonyl (C=O) groups is 4. The van der Waals surface area contributed by atoms with E-state index in [1.165, 1.54) is 12.1 Å². The monoisotopic (exact) mass is 732 g/mol. The second-order valence-electron chi connectivity index (χ2n) is 12.1. The lowest BCUT2D eigenvalue weighted by atomic mass is 10.1. The third-order valence-electron chi connectivity index (χ3n) is 7.93. The summed E-state index contributed by atoms with van der Waals surface area (Å²) >= 11 is 0. The van der Waals surface area contributed by atoms with Gasteiger partial charge in [0, 0.05) is 18.2 Å². The van der Waals surface area contributed by atoms with Gasteiger partial charge in [0.05, 0.1) is 37.6 Å². The maximum absolute atomic E-state index is 14.8. The van der Waals surface area contributed by atoms with Crippen LogP contribution in [0.25, 0.3) is 0 Å². The van der Waals surface area contributed by atoms with Gasteiger partial charge in [-0.05, 0) is 86.3 Å². The van der Waals surface area contributed by atoms with Crippen LogP contribution in [-0.4, -0.2) is 50.3 Å². The molecule has 0 N–H and O–H groups in total. The molecule has 3 rings (SSSR count). The van der Waals surface area contributed by atoms with E-state index in [-0.39, 0.29) is 22.6 Å². The number of unbranched alkanes of at least 4 members (excludes halogenated alkanes) is 10. The van der Waals surface area contributed by atoms with Crippen LogP contribution < -0.4 is 18.9 Å². The molecule has 0 amide bonds. The second kappa shape index (κ2) is 24.7. The minimum Gasteiger partial charge on any atom is -0.494 e. The van der Waals surface area contributed by atoms with Gasteiger partial charge >= 0.3 is 23.9 Å². The van der Waals surface area contributed by atoms with Crippen molar-refractivity contribution in [2.24, 2.45) is 0 Å². The number of esters is 4. The summed E-state index contributed by atoms with van der Waals surface area (Å²) in [6.07, 6.45) is 14.0. The van der Waals surface area contributed by atoms with Crippen molar-refractivity contribution in [2.75, 3.05) is 26.4 Å². The smallest absolute Gasteiger partial charge is 0.343 e. The van der Waals surface area contributed by atoms with E-state index in [0.29, 0.717) is 37.9 Å². The van der Waals surface area contributed by atoms with E-state index in [4.69, 9.17) is 28.4 Å². The zero-order chi connectivity index (χ0) is 38.1. The first kappa shape index (κ1) is 42.0. The van der Waals surface area contributed by atoms with Crippen LogP contribution in [0.1, 0.15) is 97.8 Å². The van der Waals surface area contributed by atoms with Crippen LogP contribution in [0, 0.1) is 5.82 Å². The Morgan fingerprint density at radius 1 is 0.491 bits per heavy atom. The molecule has 10 nitrogen and oxygen atoms in total. The Kier molecular flexibility index (Phi) is 19.5. The first-order chi connectivity index (χ1) is 25.8. The van der Waals surface area contributed by atoms with Gasteiger partial charge in [-0.1, -0.05) is 64.5 Å². The Morgan fingerprint density at radius 2 is 0.868 bits per heavy atom. The Bertz CT molecular complexity index is 1600. The maximum atomic E-state index is 14.8. The fraction of sp³-hybridized carbons (Fsp3) is 0.381. The van der Waals surface area contributed by atoms with Crippen LogP contribution in [0.5, 0.6) is 23.0 Å². The average Bonchev–Trinajstić information content (AvgIpc) is 3.17. The number of benzene rings is 3. The molecule has 0 heterocycles. The van der Waals surface area contributed by atoms with E-state index in [0.717, 1.165) is 95.3 Å². The molecule has 0 unspecified atom stereocenters. The molecule has 0 spiro atoms. The predicted molar refractivity (Wildman–Crippen MR) is 198 cm³/mol. The summed E-state index contributed by atoms with van der Waals surface area (Å²) < 4.78 is 46.8. The lowest BCUT2D eigenvalue weighted by Gasteiger charge is -2.10. The predicted octanol–water partition coefficient (Wildman–Crippen LogP) is 9.16. The van der Waals surface area contributed by atoms with Crippen molar-refractivity contribution in [2.45, 2.75) is 77.0 Å².